The van der Waals surface area contributed by atoms with Crippen molar-refractivity contribution < 1.29 is 32.6 Å². The average Bonchev–Trinajstić information content (AvgIpc) is 2.62. The standard InChI is InChI=1S/C18H21BrF2O5/c1-2-25-16(23)18(20,21)12-14(17(19)8-10-24-11-9-17)26-15(22)13-6-4-3-5-7-13/h3-7,14H,2,8-12H2,1H3. The number of benzene rings is 1. The molecular formula is C18H21BrF2O5. The summed E-state index contributed by atoms with van der Waals surface area (Å²) in [6.07, 6.45) is -1.44. The van der Waals surface area contributed by atoms with Gasteiger partial charge in [-0.25, -0.2) is 9.59 Å². The van der Waals surface area contributed by atoms with Crippen LogP contribution in [0.25, 0.3) is 0 Å². The summed E-state index contributed by atoms with van der Waals surface area (Å²) in [6, 6.07) is 8.10. The molecule has 0 radical (unpaired) electrons. The maximum atomic E-state index is 14.3. The summed E-state index contributed by atoms with van der Waals surface area (Å²) < 4.78 is 42.9. The third-order valence-electron chi connectivity index (χ3n) is 4.18. The molecule has 0 amide bonds. The molecule has 8 heteroatoms. The second-order valence-electron chi connectivity index (χ2n) is 6.04. The van der Waals surface area contributed by atoms with Gasteiger partial charge in [0.25, 0.3) is 0 Å². The molecule has 0 aromatic heterocycles. The summed E-state index contributed by atoms with van der Waals surface area (Å²) in [7, 11) is 0. The van der Waals surface area contributed by atoms with Gasteiger partial charge in [-0.3, -0.25) is 0 Å². The fourth-order valence-corrected chi connectivity index (χ4v) is 3.27. The van der Waals surface area contributed by atoms with Crippen molar-refractivity contribution in [1.82, 2.24) is 0 Å². The number of ether oxygens (including phenoxy) is 3. The van der Waals surface area contributed by atoms with Crippen LogP contribution in [0.15, 0.2) is 30.3 Å². The van der Waals surface area contributed by atoms with Crippen molar-refractivity contribution in [3.63, 3.8) is 0 Å². The minimum Gasteiger partial charge on any atom is -0.462 e. The molecule has 1 aliphatic heterocycles. The highest BCUT2D eigenvalue weighted by Crippen LogP contribution is 2.40. The first kappa shape index (κ1) is 20.8. The van der Waals surface area contributed by atoms with Crippen LogP contribution in [0, 0.1) is 0 Å². The Kier molecular flexibility index (Phi) is 7.11. The van der Waals surface area contributed by atoms with Gasteiger partial charge in [0, 0.05) is 13.2 Å². The van der Waals surface area contributed by atoms with Crippen LogP contribution in [0.5, 0.6) is 0 Å². The first-order chi connectivity index (χ1) is 12.3. The van der Waals surface area contributed by atoms with E-state index < -0.39 is 34.7 Å². The molecule has 0 aliphatic carbocycles. The SMILES string of the molecule is CCOC(=O)C(F)(F)CC(OC(=O)c1ccccc1)C1(Br)CCOCC1. The van der Waals surface area contributed by atoms with Gasteiger partial charge < -0.3 is 14.2 Å². The molecule has 1 unspecified atom stereocenters. The first-order valence-corrected chi connectivity index (χ1v) is 9.15. The Hall–Kier alpha value is -1.54. The molecular weight excluding hydrogens is 414 g/mol. The molecule has 144 valence electrons. The monoisotopic (exact) mass is 434 g/mol. The van der Waals surface area contributed by atoms with Crippen LogP contribution in [-0.4, -0.2) is 48.1 Å². The van der Waals surface area contributed by atoms with Gasteiger partial charge in [0.2, 0.25) is 0 Å². The second-order valence-corrected chi connectivity index (χ2v) is 7.62. The zero-order valence-electron chi connectivity index (χ0n) is 14.4. The summed E-state index contributed by atoms with van der Waals surface area (Å²) in [4.78, 5) is 24.0. The van der Waals surface area contributed by atoms with Crippen LogP contribution in [0.3, 0.4) is 0 Å². The molecule has 1 aliphatic rings. The number of alkyl halides is 3. The zero-order chi connectivity index (χ0) is 19.2. The van der Waals surface area contributed by atoms with Crippen molar-refractivity contribution in [2.24, 2.45) is 0 Å². The van der Waals surface area contributed by atoms with E-state index in [4.69, 9.17) is 9.47 Å². The van der Waals surface area contributed by atoms with Gasteiger partial charge in [0.15, 0.2) is 0 Å². The Morgan fingerprint density at radius 2 is 1.88 bits per heavy atom. The molecule has 0 bridgehead atoms. The Bertz CT molecular complexity index is 617. The van der Waals surface area contributed by atoms with Gasteiger partial charge in [-0.15, -0.1) is 0 Å². The molecule has 2 rings (SSSR count). The van der Waals surface area contributed by atoms with E-state index in [0.717, 1.165) is 0 Å². The molecule has 26 heavy (non-hydrogen) atoms. The fraction of sp³-hybridized carbons (Fsp3) is 0.556. The van der Waals surface area contributed by atoms with Gasteiger partial charge in [0.05, 0.1) is 22.9 Å². The van der Waals surface area contributed by atoms with Gasteiger partial charge in [0.1, 0.15) is 6.10 Å². The summed E-state index contributed by atoms with van der Waals surface area (Å²) in [5.74, 6) is -6.11. The number of carbonyl (C=O) groups is 2. The van der Waals surface area contributed by atoms with E-state index in [1.807, 2.05) is 0 Å². The van der Waals surface area contributed by atoms with Crippen molar-refractivity contribution in [1.29, 1.82) is 0 Å². The van der Waals surface area contributed by atoms with Crippen LogP contribution in [-0.2, 0) is 19.0 Å². The normalized spacial score (nSPS) is 18.0. The summed E-state index contributed by atoms with van der Waals surface area (Å²) >= 11 is 3.46. The maximum absolute atomic E-state index is 14.3. The van der Waals surface area contributed by atoms with E-state index >= 15 is 0 Å². The summed E-state index contributed by atoms with van der Waals surface area (Å²) in [6.45, 7) is 1.98. The second kappa shape index (κ2) is 8.90. The minimum atomic E-state index is -3.77. The van der Waals surface area contributed by atoms with Crippen molar-refractivity contribution in [3.8, 4) is 0 Å². The van der Waals surface area contributed by atoms with E-state index in [0.29, 0.717) is 26.1 Å². The summed E-state index contributed by atoms with van der Waals surface area (Å²) in [5, 5.41) is 0. The van der Waals surface area contributed by atoms with Crippen LogP contribution < -0.4 is 0 Å². The highest BCUT2D eigenvalue weighted by Gasteiger charge is 2.50. The van der Waals surface area contributed by atoms with Crippen LogP contribution >= 0.6 is 15.9 Å². The average molecular weight is 435 g/mol. The molecule has 1 aromatic carbocycles. The highest BCUT2D eigenvalue weighted by molar-refractivity contribution is 9.10. The zero-order valence-corrected chi connectivity index (χ0v) is 16.0. The van der Waals surface area contributed by atoms with Crippen LogP contribution in [0.2, 0.25) is 0 Å². The van der Waals surface area contributed by atoms with E-state index in [2.05, 4.69) is 20.7 Å². The number of carbonyl (C=O) groups excluding carboxylic acids is 2. The lowest BCUT2D eigenvalue weighted by Gasteiger charge is -2.39. The minimum absolute atomic E-state index is 0.157. The summed E-state index contributed by atoms with van der Waals surface area (Å²) in [5.41, 5.74) is 0.250. The Balaban J connectivity index is 2.21. The van der Waals surface area contributed by atoms with Crippen molar-refractivity contribution in [2.75, 3.05) is 19.8 Å². The third-order valence-corrected chi connectivity index (χ3v) is 5.48. The quantitative estimate of drug-likeness (QED) is 0.483. The first-order valence-electron chi connectivity index (χ1n) is 8.36. The number of rotatable bonds is 7. The van der Waals surface area contributed by atoms with Gasteiger partial charge >= 0.3 is 17.9 Å². The number of halogens is 3. The van der Waals surface area contributed by atoms with Gasteiger partial charge in [-0.05, 0) is 31.9 Å². The molecule has 0 saturated carbocycles. The Labute approximate surface area is 159 Å². The lowest BCUT2D eigenvalue weighted by molar-refractivity contribution is -0.176. The highest BCUT2D eigenvalue weighted by atomic mass is 79.9. The van der Waals surface area contributed by atoms with Crippen LogP contribution in [0.1, 0.15) is 36.5 Å². The van der Waals surface area contributed by atoms with E-state index in [9.17, 15) is 18.4 Å². The van der Waals surface area contributed by atoms with Crippen molar-refractivity contribution in [2.45, 2.75) is 42.5 Å². The van der Waals surface area contributed by atoms with Crippen molar-refractivity contribution >= 4 is 27.9 Å². The largest absolute Gasteiger partial charge is 0.462 e. The Morgan fingerprint density at radius 3 is 2.46 bits per heavy atom. The lowest BCUT2D eigenvalue weighted by atomic mass is 9.89. The predicted molar refractivity (Wildman–Crippen MR) is 93.6 cm³/mol. The molecule has 0 spiro atoms. The van der Waals surface area contributed by atoms with E-state index in [1.54, 1.807) is 18.2 Å². The van der Waals surface area contributed by atoms with Crippen LogP contribution in [0.4, 0.5) is 8.78 Å². The van der Waals surface area contributed by atoms with E-state index in [1.165, 1.54) is 19.1 Å². The van der Waals surface area contributed by atoms with Gasteiger partial charge in [-0.1, -0.05) is 34.1 Å². The van der Waals surface area contributed by atoms with Crippen molar-refractivity contribution in [3.05, 3.63) is 35.9 Å². The number of esters is 2. The third kappa shape index (κ3) is 5.23. The molecule has 1 fully saturated rings. The predicted octanol–water partition coefficient (Wildman–Crippen LogP) is 3.74. The maximum Gasteiger partial charge on any atom is 0.377 e. The van der Waals surface area contributed by atoms with E-state index in [-0.39, 0.29) is 12.2 Å². The number of hydrogen-bond donors (Lipinski definition) is 0. The molecule has 1 aromatic rings. The molecule has 0 N–H and O–H groups in total. The van der Waals surface area contributed by atoms with Gasteiger partial charge in [-0.2, -0.15) is 8.78 Å². The topological polar surface area (TPSA) is 61.8 Å². The lowest BCUT2D eigenvalue weighted by Crippen LogP contribution is -2.48. The smallest absolute Gasteiger partial charge is 0.377 e. The molecule has 1 heterocycles. The molecule has 1 saturated heterocycles. The Morgan fingerprint density at radius 1 is 1.27 bits per heavy atom. The molecule has 1 atom stereocenters. The fourth-order valence-electron chi connectivity index (χ4n) is 2.69. The number of hydrogen-bond acceptors (Lipinski definition) is 5. The molecule has 5 nitrogen and oxygen atoms in total.